The molecule has 14 heavy (non-hydrogen) atoms. The maximum atomic E-state index is 8.30. The third kappa shape index (κ3) is 3.44. The Morgan fingerprint density at radius 2 is 2.07 bits per heavy atom. The molecular weight excluding hydrogens is 180 g/mol. The normalized spacial score (nSPS) is 9.43. The van der Waals surface area contributed by atoms with Crippen LogP contribution in [-0.2, 0) is 11.4 Å². The topological polar surface area (TPSA) is 54.3 Å². The van der Waals surface area contributed by atoms with Crippen molar-refractivity contribution in [3.63, 3.8) is 0 Å². The second-order valence-corrected chi connectivity index (χ2v) is 2.62. The van der Waals surface area contributed by atoms with Crippen molar-refractivity contribution in [2.75, 3.05) is 13.7 Å². The Bertz CT molecular complexity index is 303. The van der Waals surface area contributed by atoms with Gasteiger partial charge in [0.25, 0.3) is 0 Å². The van der Waals surface area contributed by atoms with E-state index in [-0.39, 0.29) is 6.61 Å². The molecule has 4 nitrogen and oxygen atoms in total. The van der Waals surface area contributed by atoms with Gasteiger partial charge in [0.1, 0.15) is 11.8 Å². The first-order valence-electron chi connectivity index (χ1n) is 4.21. The quantitative estimate of drug-likeness (QED) is 0.713. The zero-order chi connectivity index (χ0) is 10.2. The van der Waals surface area contributed by atoms with Gasteiger partial charge in [0, 0.05) is 6.54 Å². The van der Waals surface area contributed by atoms with Crippen molar-refractivity contribution in [3.8, 4) is 11.8 Å². The first-order chi connectivity index (χ1) is 6.86. The van der Waals surface area contributed by atoms with E-state index in [2.05, 4.69) is 5.48 Å². The molecule has 0 atom stereocenters. The second kappa shape index (κ2) is 5.97. The molecule has 74 valence electrons. The molecular formula is C10H12N2O2. The van der Waals surface area contributed by atoms with E-state index in [1.54, 1.807) is 7.11 Å². The summed E-state index contributed by atoms with van der Waals surface area (Å²) < 4.78 is 5.10. The van der Waals surface area contributed by atoms with Crippen LogP contribution in [0.15, 0.2) is 24.3 Å². The highest BCUT2D eigenvalue weighted by Gasteiger charge is 1.94. The zero-order valence-corrected chi connectivity index (χ0v) is 7.99. The van der Waals surface area contributed by atoms with Crippen molar-refractivity contribution < 1.29 is 9.57 Å². The van der Waals surface area contributed by atoms with Gasteiger partial charge in [-0.1, -0.05) is 12.1 Å². The Labute approximate surface area is 83.0 Å². The van der Waals surface area contributed by atoms with E-state index in [1.807, 2.05) is 30.3 Å². The van der Waals surface area contributed by atoms with Crippen LogP contribution in [0.1, 0.15) is 5.56 Å². The number of hydrogen-bond acceptors (Lipinski definition) is 4. The Morgan fingerprint density at radius 1 is 1.36 bits per heavy atom. The molecule has 0 saturated heterocycles. The Morgan fingerprint density at radius 3 is 2.64 bits per heavy atom. The second-order valence-electron chi connectivity index (χ2n) is 2.62. The molecule has 0 saturated carbocycles. The number of nitriles is 1. The minimum Gasteiger partial charge on any atom is -0.479 e. The maximum absolute atomic E-state index is 8.30. The fourth-order valence-corrected chi connectivity index (χ4v) is 0.975. The molecule has 0 fully saturated rings. The van der Waals surface area contributed by atoms with Gasteiger partial charge in [-0.05, 0) is 17.7 Å². The van der Waals surface area contributed by atoms with Gasteiger partial charge in [-0.3, -0.25) is 0 Å². The minimum atomic E-state index is 0.0790. The van der Waals surface area contributed by atoms with E-state index in [4.69, 9.17) is 14.8 Å². The van der Waals surface area contributed by atoms with Gasteiger partial charge in [0.15, 0.2) is 6.61 Å². The molecule has 1 rings (SSSR count). The molecule has 0 amide bonds. The summed E-state index contributed by atoms with van der Waals surface area (Å²) in [7, 11) is 1.57. The van der Waals surface area contributed by atoms with Crippen LogP contribution in [0.2, 0.25) is 0 Å². The lowest BCUT2D eigenvalue weighted by Crippen LogP contribution is -2.10. The van der Waals surface area contributed by atoms with E-state index in [1.165, 1.54) is 0 Å². The summed E-state index contributed by atoms with van der Waals surface area (Å²) in [5, 5.41) is 8.30. The van der Waals surface area contributed by atoms with E-state index in [0.717, 1.165) is 5.56 Å². The SMILES string of the molecule is CONCc1ccc(OCC#N)cc1. The van der Waals surface area contributed by atoms with E-state index < -0.39 is 0 Å². The standard InChI is InChI=1S/C10H12N2O2/c1-13-12-8-9-2-4-10(5-3-9)14-7-6-11/h2-5,12H,7-8H2,1H3. The first-order valence-corrected chi connectivity index (χ1v) is 4.21. The predicted octanol–water partition coefficient (Wildman–Crippen LogP) is 1.24. The third-order valence-electron chi connectivity index (χ3n) is 1.65. The van der Waals surface area contributed by atoms with Gasteiger partial charge in [-0.2, -0.15) is 10.7 Å². The van der Waals surface area contributed by atoms with Gasteiger partial charge in [-0.15, -0.1) is 0 Å². The summed E-state index contributed by atoms with van der Waals surface area (Å²) in [5.41, 5.74) is 3.83. The van der Waals surface area contributed by atoms with Crippen LogP contribution in [0.4, 0.5) is 0 Å². The highest BCUT2D eigenvalue weighted by molar-refractivity contribution is 5.27. The minimum absolute atomic E-state index is 0.0790. The van der Waals surface area contributed by atoms with Crippen molar-refractivity contribution in [1.29, 1.82) is 5.26 Å². The fraction of sp³-hybridized carbons (Fsp3) is 0.300. The molecule has 1 N–H and O–H groups in total. The molecule has 1 aromatic carbocycles. The number of nitrogens with zero attached hydrogens (tertiary/aromatic N) is 1. The summed E-state index contributed by atoms with van der Waals surface area (Å²) in [6.07, 6.45) is 0. The average Bonchev–Trinajstić information content (AvgIpc) is 2.25. The van der Waals surface area contributed by atoms with Crippen molar-refractivity contribution in [2.24, 2.45) is 0 Å². The van der Waals surface area contributed by atoms with E-state index >= 15 is 0 Å². The summed E-state index contributed by atoms with van der Waals surface area (Å²) in [6, 6.07) is 9.39. The lowest BCUT2D eigenvalue weighted by molar-refractivity contribution is 0.0867. The number of ether oxygens (including phenoxy) is 1. The van der Waals surface area contributed by atoms with Crippen molar-refractivity contribution >= 4 is 0 Å². The van der Waals surface area contributed by atoms with Crippen molar-refractivity contribution in [1.82, 2.24) is 5.48 Å². The third-order valence-corrected chi connectivity index (χ3v) is 1.65. The summed E-state index contributed by atoms with van der Waals surface area (Å²) in [4.78, 5) is 4.72. The van der Waals surface area contributed by atoms with Crippen LogP contribution >= 0.6 is 0 Å². The Balaban J connectivity index is 2.47. The number of benzene rings is 1. The van der Waals surface area contributed by atoms with Crippen molar-refractivity contribution in [2.45, 2.75) is 6.54 Å². The molecule has 4 heteroatoms. The first kappa shape index (κ1) is 10.5. The van der Waals surface area contributed by atoms with Gasteiger partial charge in [0.05, 0.1) is 7.11 Å². The number of hydroxylamine groups is 1. The fourth-order valence-electron chi connectivity index (χ4n) is 0.975. The molecule has 0 unspecified atom stereocenters. The van der Waals surface area contributed by atoms with Gasteiger partial charge in [-0.25, -0.2) is 0 Å². The number of nitrogens with one attached hydrogen (secondary N) is 1. The molecule has 0 bridgehead atoms. The lowest BCUT2D eigenvalue weighted by atomic mass is 10.2. The molecule has 0 aliphatic heterocycles. The van der Waals surface area contributed by atoms with E-state index in [9.17, 15) is 0 Å². The Kier molecular flexibility index (Phi) is 4.48. The van der Waals surface area contributed by atoms with E-state index in [0.29, 0.717) is 12.3 Å². The summed E-state index contributed by atoms with van der Waals surface area (Å²) in [6.45, 7) is 0.727. The average molecular weight is 192 g/mol. The molecule has 0 aliphatic carbocycles. The number of rotatable bonds is 5. The Hall–Kier alpha value is -1.57. The molecule has 0 aromatic heterocycles. The molecule has 0 spiro atoms. The van der Waals surface area contributed by atoms with Crippen LogP contribution in [0.3, 0.4) is 0 Å². The van der Waals surface area contributed by atoms with Gasteiger partial charge >= 0.3 is 0 Å². The molecule has 0 radical (unpaired) electrons. The molecule has 1 aromatic rings. The maximum Gasteiger partial charge on any atom is 0.174 e. The van der Waals surface area contributed by atoms with Gasteiger partial charge < -0.3 is 9.57 Å². The van der Waals surface area contributed by atoms with Crippen LogP contribution in [0, 0.1) is 11.3 Å². The van der Waals surface area contributed by atoms with Crippen LogP contribution in [0.5, 0.6) is 5.75 Å². The molecule has 0 heterocycles. The highest BCUT2D eigenvalue weighted by Crippen LogP contribution is 2.11. The largest absolute Gasteiger partial charge is 0.479 e. The monoisotopic (exact) mass is 192 g/mol. The lowest BCUT2D eigenvalue weighted by Gasteiger charge is -2.04. The number of hydrogen-bond donors (Lipinski definition) is 1. The van der Waals surface area contributed by atoms with Crippen LogP contribution < -0.4 is 10.2 Å². The van der Waals surface area contributed by atoms with Crippen LogP contribution in [-0.4, -0.2) is 13.7 Å². The van der Waals surface area contributed by atoms with Crippen LogP contribution in [0.25, 0.3) is 0 Å². The smallest absolute Gasteiger partial charge is 0.174 e. The van der Waals surface area contributed by atoms with Crippen molar-refractivity contribution in [3.05, 3.63) is 29.8 Å². The zero-order valence-electron chi connectivity index (χ0n) is 7.99. The van der Waals surface area contributed by atoms with Gasteiger partial charge in [0.2, 0.25) is 0 Å². The summed E-state index contributed by atoms with van der Waals surface area (Å²) >= 11 is 0. The predicted molar refractivity (Wildman–Crippen MR) is 51.4 cm³/mol. The summed E-state index contributed by atoms with van der Waals surface area (Å²) in [5.74, 6) is 0.702. The highest BCUT2D eigenvalue weighted by atomic mass is 16.6. The molecule has 0 aliphatic rings.